The van der Waals surface area contributed by atoms with Gasteiger partial charge < -0.3 is 20.5 Å². The van der Waals surface area contributed by atoms with Crippen LogP contribution in [0.3, 0.4) is 0 Å². The summed E-state index contributed by atoms with van der Waals surface area (Å²) < 4.78 is 35.3. The van der Waals surface area contributed by atoms with E-state index in [2.05, 4.69) is 10.1 Å². The Morgan fingerprint density at radius 2 is 1.97 bits per heavy atom. The number of rotatable bonds is 9. The fourth-order valence-electron chi connectivity index (χ4n) is 3.38. The molecule has 168 valence electrons. The third-order valence-corrected chi connectivity index (χ3v) is 7.32. The summed E-state index contributed by atoms with van der Waals surface area (Å²) in [4.78, 5) is 18.0. The number of halogens is 2. The SMILES string of the molecule is COCCNC1=C(c2nc3ccccc3s2)[C@@H](N)[C@H](C(=O)c2ccc(OC(F)F)cc2)S1. The number of nitrogens with zero attached hydrogens (tertiary/aromatic N) is 1. The highest BCUT2D eigenvalue weighted by atomic mass is 32.2. The Labute approximate surface area is 191 Å². The number of thiazole rings is 1. The van der Waals surface area contributed by atoms with Crippen LogP contribution < -0.4 is 15.8 Å². The fourth-order valence-corrected chi connectivity index (χ4v) is 5.83. The standard InChI is InChI=1S/C22H21F2N3O3S2/c1-29-11-10-26-20-16(21-27-14-4-2-3-5-15(14)31-21)17(25)19(32-20)18(28)12-6-8-13(9-7-12)30-22(23)24/h2-9,17,19,22,26H,10-11,25H2,1H3/t17-,19-/m1/s1. The molecule has 32 heavy (non-hydrogen) atoms. The minimum atomic E-state index is -2.92. The molecule has 1 aromatic heterocycles. The van der Waals surface area contributed by atoms with E-state index < -0.39 is 17.9 Å². The molecule has 1 aliphatic heterocycles. The van der Waals surface area contributed by atoms with Gasteiger partial charge in [0, 0.05) is 24.8 Å². The first-order chi connectivity index (χ1) is 15.5. The number of ketones is 1. The average Bonchev–Trinajstić information content (AvgIpc) is 3.34. The predicted molar refractivity (Wildman–Crippen MR) is 123 cm³/mol. The number of para-hydroxylation sites is 1. The zero-order valence-electron chi connectivity index (χ0n) is 17.1. The van der Waals surface area contributed by atoms with Gasteiger partial charge >= 0.3 is 6.61 Å². The molecule has 0 fully saturated rings. The van der Waals surface area contributed by atoms with Gasteiger partial charge in [-0.1, -0.05) is 23.9 Å². The molecular formula is C22H21F2N3O3S2. The van der Waals surface area contributed by atoms with Crippen molar-refractivity contribution in [3.05, 3.63) is 64.1 Å². The number of Topliss-reactive ketones (excluding diaryl/α,β-unsaturated/α-hetero) is 1. The number of aromatic nitrogens is 1. The lowest BCUT2D eigenvalue weighted by molar-refractivity contribution is -0.0498. The third-order valence-electron chi connectivity index (χ3n) is 4.89. The van der Waals surface area contributed by atoms with Gasteiger partial charge in [-0.05, 0) is 36.4 Å². The van der Waals surface area contributed by atoms with Crippen LogP contribution in [0.4, 0.5) is 8.78 Å². The second-order valence-electron chi connectivity index (χ2n) is 6.98. The molecule has 6 nitrogen and oxygen atoms in total. The van der Waals surface area contributed by atoms with E-state index >= 15 is 0 Å². The van der Waals surface area contributed by atoms with Gasteiger partial charge in [0.15, 0.2) is 5.78 Å². The number of carbonyl (C=O) groups is 1. The van der Waals surface area contributed by atoms with Gasteiger partial charge in [0.25, 0.3) is 0 Å². The molecule has 2 aromatic carbocycles. The zero-order chi connectivity index (χ0) is 22.7. The Bertz CT molecular complexity index is 1100. The summed E-state index contributed by atoms with van der Waals surface area (Å²) in [6.07, 6.45) is 0. The van der Waals surface area contributed by atoms with E-state index in [9.17, 15) is 13.6 Å². The summed E-state index contributed by atoms with van der Waals surface area (Å²) >= 11 is 2.88. The first-order valence-corrected chi connectivity index (χ1v) is 11.5. The predicted octanol–water partition coefficient (Wildman–Crippen LogP) is 4.13. The maximum absolute atomic E-state index is 13.2. The molecule has 3 aromatic rings. The number of benzene rings is 2. The van der Waals surface area contributed by atoms with E-state index in [1.54, 1.807) is 7.11 Å². The van der Waals surface area contributed by atoms with Crippen LogP contribution in [0.2, 0.25) is 0 Å². The van der Waals surface area contributed by atoms with E-state index in [0.717, 1.165) is 25.8 Å². The summed E-state index contributed by atoms with van der Waals surface area (Å²) in [5.41, 5.74) is 8.62. The van der Waals surface area contributed by atoms with E-state index in [0.29, 0.717) is 18.7 Å². The van der Waals surface area contributed by atoms with Crippen molar-refractivity contribution in [2.75, 3.05) is 20.3 Å². The second-order valence-corrected chi connectivity index (χ2v) is 9.16. The van der Waals surface area contributed by atoms with E-state index in [1.165, 1.54) is 47.4 Å². The Morgan fingerprint density at radius 3 is 2.66 bits per heavy atom. The average molecular weight is 478 g/mol. The summed E-state index contributed by atoms with van der Waals surface area (Å²) in [5, 5.41) is 4.30. The van der Waals surface area contributed by atoms with Crippen LogP contribution in [0.1, 0.15) is 15.4 Å². The van der Waals surface area contributed by atoms with Crippen LogP contribution in [0, 0.1) is 0 Å². The molecule has 0 unspecified atom stereocenters. The van der Waals surface area contributed by atoms with Crippen molar-refractivity contribution in [2.45, 2.75) is 17.9 Å². The number of methoxy groups -OCH3 is 1. The van der Waals surface area contributed by atoms with E-state index in [1.807, 2.05) is 24.3 Å². The third kappa shape index (κ3) is 4.78. The Hall–Kier alpha value is -2.53. The van der Waals surface area contributed by atoms with E-state index in [-0.39, 0.29) is 11.5 Å². The molecule has 0 saturated carbocycles. The molecule has 4 rings (SSSR count). The Morgan fingerprint density at radius 1 is 1.22 bits per heavy atom. The molecule has 0 spiro atoms. The van der Waals surface area contributed by atoms with Crippen molar-refractivity contribution < 1.29 is 23.0 Å². The number of fused-ring (bicyclic) bond motifs is 1. The molecule has 10 heteroatoms. The number of ether oxygens (including phenoxy) is 2. The molecular weight excluding hydrogens is 456 g/mol. The highest BCUT2D eigenvalue weighted by Crippen LogP contribution is 2.44. The van der Waals surface area contributed by atoms with Crippen LogP contribution in [0.15, 0.2) is 53.6 Å². The molecule has 0 aliphatic carbocycles. The smallest absolute Gasteiger partial charge is 0.387 e. The maximum Gasteiger partial charge on any atom is 0.387 e. The molecule has 0 bridgehead atoms. The number of hydrogen-bond donors (Lipinski definition) is 2. The summed E-state index contributed by atoms with van der Waals surface area (Å²) in [5.74, 6) is -0.191. The molecule has 0 saturated heterocycles. The van der Waals surface area contributed by atoms with Gasteiger partial charge in [-0.2, -0.15) is 8.78 Å². The topological polar surface area (TPSA) is 86.5 Å². The van der Waals surface area contributed by atoms with Crippen molar-refractivity contribution in [1.29, 1.82) is 0 Å². The molecule has 0 radical (unpaired) electrons. The van der Waals surface area contributed by atoms with E-state index in [4.69, 9.17) is 15.5 Å². The maximum atomic E-state index is 13.2. The summed E-state index contributed by atoms with van der Waals surface area (Å²) in [6.45, 7) is -1.87. The molecule has 3 N–H and O–H groups in total. The molecule has 2 atom stereocenters. The molecule has 1 aliphatic rings. The monoisotopic (exact) mass is 477 g/mol. The Balaban J connectivity index is 1.61. The van der Waals surface area contributed by atoms with Crippen molar-refractivity contribution in [3.63, 3.8) is 0 Å². The van der Waals surface area contributed by atoms with Gasteiger partial charge in [0.05, 0.1) is 33.1 Å². The van der Waals surface area contributed by atoms with Crippen LogP contribution in [0.5, 0.6) is 5.75 Å². The fraction of sp³-hybridized carbons (Fsp3) is 0.273. The van der Waals surface area contributed by atoms with Crippen LogP contribution in [-0.4, -0.2) is 48.9 Å². The number of nitrogens with two attached hydrogens (primary N) is 1. The van der Waals surface area contributed by atoms with Crippen molar-refractivity contribution >= 4 is 44.7 Å². The zero-order valence-corrected chi connectivity index (χ0v) is 18.7. The lowest BCUT2D eigenvalue weighted by atomic mass is 9.99. The largest absolute Gasteiger partial charge is 0.435 e. The van der Waals surface area contributed by atoms with Gasteiger partial charge in [-0.3, -0.25) is 4.79 Å². The van der Waals surface area contributed by atoms with Crippen LogP contribution in [-0.2, 0) is 4.74 Å². The van der Waals surface area contributed by atoms with Crippen LogP contribution in [0.25, 0.3) is 15.8 Å². The van der Waals surface area contributed by atoms with Gasteiger partial charge in [-0.25, -0.2) is 4.98 Å². The first kappa shape index (κ1) is 22.7. The highest BCUT2D eigenvalue weighted by molar-refractivity contribution is 8.05. The number of nitrogens with one attached hydrogen (secondary N) is 1. The lowest BCUT2D eigenvalue weighted by Crippen LogP contribution is -2.36. The number of hydrogen-bond acceptors (Lipinski definition) is 8. The first-order valence-electron chi connectivity index (χ1n) is 9.82. The van der Waals surface area contributed by atoms with Gasteiger partial charge in [0.1, 0.15) is 10.8 Å². The minimum absolute atomic E-state index is 0.00451. The lowest BCUT2D eigenvalue weighted by Gasteiger charge is -2.15. The molecule has 2 heterocycles. The van der Waals surface area contributed by atoms with Crippen molar-refractivity contribution in [1.82, 2.24) is 10.3 Å². The van der Waals surface area contributed by atoms with Gasteiger partial charge in [-0.15, -0.1) is 11.3 Å². The van der Waals surface area contributed by atoms with Crippen molar-refractivity contribution in [2.24, 2.45) is 5.73 Å². The number of carbonyl (C=O) groups excluding carboxylic acids is 1. The highest BCUT2D eigenvalue weighted by Gasteiger charge is 2.40. The normalized spacial score (nSPS) is 18.5. The summed E-state index contributed by atoms with van der Waals surface area (Å²) in [7, 11) is 1.62. The van der Waals surface area contributed by atoms with Crippen molar-refractivity contribution in [3.8, 4) is 5.75 Å². The quantitative estimate of drug-likeness (QED) is 0.354. The number of alkyl halides is 2. The number of thioether (sulfide) groups is 1. The van der Waals surface area contributed by atoms with Gasteiger partial charge in [0.2, 0.25) is 0 Å². The minimum Gasteiger partial charge on any atom is -0.435 e. The van der Waals surface area contributed by atoms with Crippen LogP contribution >= 0.6 is 23.1 Å². The second kappa shape index (κ2) is 9.95. The summed E-state index contributed by atoms with van der Waals surface area (Å²) in [6, 6.07) is 12.9. The molecule has 0 amide bonds. The Kier molecular flexibility index (Phi) is 7.04.